The van der Waals surface area contributed by atoms with E-state index in [-0.39, 0.29) is 17.5 Å². The zero-order valence-corrected chi connectivity index (χ0v) is 14.0. The summed E-state index contributed by atoms with van der Waals surface area (Å²) in [6.45, 7) is 1.24. The van der Waals surface area contributed by atoms with E-state index in [1.54, 1.807) is 11.7 Å². The van der Waals surface area contributed by atoms with Gasteiger partial charge in [-0.1, -0.05) is 12.1 Å². The molecule has 1 N–H and O–H groups in total. The van der Waals surface area contributed by atoms with E-state index in [2.05, 4.69) is 10.3 Å². The van der Waals surface area contributed by atoms with Gasteiger partial charge in [0.25, 0.3) is 5.56 Å². The molecule has 6 heteroatoms. The maximum absolute atomic E-state index is 12.7. The molecule has 1 fully saturated rings. The van der Waals surface area contributed by atoms with Crippen LogP contribution in [0.1, 0.15) is 37.5 Å². The lowest BCUT2D eigenvalue weighted by Gasteiger charge is -2.13. The highest BCUT2D eigenvalue weighted by atomic mass is 16.5. The van der Waals surface area contributed by atoms with Gasteiger partial charge in [-0.25, -0.2) is 4.98 Å². The van der Waals surface area contributed by atoms with Crippen molar-refractivity contribution in [1.82, 2.24) is 14.9 Å². The topological polar surface area (TPSA) is 73.2 Å². The van der Waals surface area contributed by atoms with Crippen molar-refractivity contribution in [2.75, 3.05) is 20.3 Å². The van der Waals surface area contributed by atoms with Gasteiger partial charge in [-0.15, -0.1) is 0 Å². The van der Waals surface area contributed by atoms with Gasteiger partial charge in [0.05, 0.1) is 10.9 Å². The lowest BCUT2D eigenvalue weighted by molar-refractivity contribution is -0.121. The number of benzene rings is 1. The molecule has 2 aromatic rings. The quantitative estimate of drug-likeness (QED) is 0.750. The Bertz CT molecular complexity index is 781. The Hall–Kier alpha value is -2.21. The first-order valence-electron chi connectivity index (χ1n) is 8.46. The van der Waals surface area contributed by atoms with Gasteiger partial charge in [0.1, 0.15) is 5.82 Å². The predicted molar refractivity (Wildman–Crippen MR) is 92.1 cm³/mol. The number of hydrogen-bond acceptors (Lipinski definition) is 4. The fourth-order valence-corrected chi connectivity index (χ4v) is 2.84. The Morgan fingerprint density at radius 3 is 2.92 bits per heavy atom. The minimum atomic E-state index is -0.0177. The molecular formula is C18H23N3O3. The SMILES string of the molecule is COCCCNC(=O)CCc1nc2ccccc2c(=O)n1C1CC1. The second kappa shape index (κ2) is 7.57. The third kappa shape index (κ3) is 3.82. The van der Waals surface area contributed by atoms with E-state index in [1.807, 2.05) is 24.3 Å². The number of rotatable bonds is 8. The van der Waals surface area contributed by atoms with E-state index in [4.69, 9.17) is 4.74 Å². The van der Waals surface area contributed by atoms with Crippen molar-refractivity contribution in [3.05, 3.63) is 40.4 Å². The molecule has 1 heterocycles. The van der Waals surface area contributed by atoms with Crippen molar-refractivity contribution in [3.8, 4) is 0 Å². The number of hydrogen-bond donors (Lipinski definition) is 1. The highest BCUT2D eigenvalue weighted by Crippen LogP contribution is 2.34. The molecule has 3 rings (SSSR count). The fraction of sp³-hybridized carbons (Fsp3) is 0.500. The third-order valence-electron chi connectivity index (χ3n) is 4.22. The van der Waals surface area contributed by atoms with E-state index in [9.17, 15) is 9.59 Å². The van der Waals surface area contributed by atoms with Crippen LogP contribution in [-0.2, 0) is 16.0 Å². The molecule has 128 valence electrons. The highest BCUT2D eigenvalue weighted by Gasteiger charge is 2.28. The van der Waals surface area contributed by atoms with E-state index in [0.29, 0.717) is 42.7 Å². The minimum Gasteiger partial charge on any atom is -0.385 e. The maximum atomic E-state index is 12.7. The van der Waals surface area contributed by atoms with Crippen LogP contribution < -0.4 is 10.9 Å². The number of aryl methyl sites for hydroxylation is 1. The summed E-state index contributed by atoms with van der Waals surface area (Å²) in [5.74, 6) is 0.698. The van der Waals surface area contributed by atoms with E-state index in [0.717, 1.165) is 19.3 Å². The minimum absolute atomic E-state index is 0.0126. The summed E-state index contributed by atoms with van der Waals surface area (Å²) in [7, 11) is 1.64. The van der Waals surface area contributed by atoms with Gasteiger partial charge in [0.15, 0.2) is 0 Å². The second-order valence-electron chi connectivity index (χ2n) is 6.15. The molecule has 0 saturated heterocycles. The van der Waals surface area contributed by atoms with Crippen LogP contribution >= 0.6 is 0 Å². The Morgan fingerprint density at radius 2 is 2.17 bits per heavy atom. The van der Waals surface area contributed by atoms with Gasteiger partial charge in [-0.05, 0) is 31.4 Å². The molecule has 1 aliphatic carbocycles. The number of ether oxygens (including phenoxy) is 1. The van der Waals surface area contributed by atoms with Crippen molar-refractivity contribution < 1.29 is 9.53 Å². The number of amides is 1. The average Bonchev–Trinajstić information content (AvgIpc) is 3.42. The smallest absolute Gasteiger partial charge is 0.261 e. The second-order valence-corrected chi connectivity index (χ2v) is 6.15. The number of para-hydroxylation sites is 1. The van der Waals surface area contributed by atoms with Crippen LogP contribution in [0.25, 0.3) is 10.9 Å². The molecule has 1 aliphatic rings. The molecule has 0 atom stereocenters. The van der Waals surface area contributed by atoms with Crippen molar-refractivity contribution >= 4 is 16.8 Å². The van der Waals surface area contributed by atoms with Gasteiger partial charge in [-0.3, -0.25) is 14.2 Å². The molecule has 1 aromatic heterocycles. The van der Waals surface area contributed by atoms with Gasteiger partial charge < -0.3 is 10.1 Å². The fourth-order valence-electron chi connectivity index (χ4n) is 2.84. The summed E-state index contributed by atoms with van der Waals surface area (Å²) in [5.41, 5.74) is 0.716. The number of nitrogens with zero attached hydrogens (tertiary/aromatic N) is 2. The summed E-state index contributed by atoms with van der Waals surface area (Å²) >= 11 is 0. The standard InChI is InChI=1S/C18H23N3O3/c1-24-12-4-11-19-17(22)10-9-16-20-15-6-3-2-5-14(15)18(23)21(16)13-7-8-13/h2-3,5-6,13H,4,7-12H2,1H3,(H,19,22). The van der Waals surface area contributed by atoms with Crippen molar-refractivity contribution in [1.29, 1.82) is 0 Å². The Labute approximate surface area is 140 Å². The summed E-state index contributed by atoms with van der Waals surface area (Å²) in [5, 5.41) is 3.52. The van der Waals surface area contributed by atoms with Crippen LogP contribution in [0.5, 0.6) is 0 Å². The molecule has 0 bridgehead atoms. The van der Waals surface area contributed by atoms with E-state index >= 15 is 0 Å². The number of nitrogens with one attached hydrogen (secondary N) is 1. The number of carbonyl (C=O) groups excluding carboxylic acids is 1. The van der Waals surface area contributed by atoms with E-state index < -0.39 is 0 Å². The normalized spacial score (nSPS) is 14.0. The molecule has 0 radical (unpaired) electrons. The molecular weight excluding hydrogens is 306 g/mol. The van der Waals surface area contributed by atoms with Crippen LogP contribution in [0.3, 0.4) is 0 Å². The van der Waals surface area contributed by atoms with Crippen LogP contribution in [-0.4, -0.2) is 35.7 Å². The average molecular weight is 329 g/mol. The number of methoxy groups -OCH3 is 1. The number of fused-ring (bicyclic) bond motifs is 1. The molecule has 0 unspecified atom stereocenters. The van der Waals surface area contributed by atoms with E-state index in [1.165, 1.54) is 0 Å². The van der Waals surface area contributed by atoms with Crippen molar-refractivity contribution in [2.45, 2.75) is 38.1 Å². The first kappa shape index (κ1) is 16.6. The molecule has 0 aliphatic heterocycles. The molecule has 1 aromatic carbocycles. The van der Waals surface area contributed by atoms with Crippen LogP contribution in [0, 0.1) is 0 Å². The van der Waals surface area contributed by atoms with Crippen LogP contribution in [0.4, 0.5) is 0 Å². The lowest BCUT2D eigenvalue weighted by atomic mass is 10.2. The third-order valence-corrected chi connectivity index (χ3v) is 4.22. The zero-order chi connectivity index (χ0) is 16.9. The summed E-state index contributed by atoms with van der Waals surface area (Å²) in [4.78, 5) is 29.3. The Morgan fingerprint density at radius 1 is 1.38 bits per heavy atom. The van der Waals surface area contributed by atoms with Crippen molar-refractivity contribution in [2.24, 2.45) is 0 Å². The summed E-state index contributed by atoms with van der Waals surface area (Å²) in [6.07, 6.45) is 3.63. The van der Waals surface area contributed by atoms with Gasteiger partial charge in [0.2, 0.25) is 5.91 Å². The van der Waals surface area contributed by atoms with Gasteiger partial charge in [0, 0.05) is 39.1 Å². The maximum Gasteiger partial charge on any atom is 0.261 e. The molecule has 24 heavy (non-hydrogen) atoms. The zero-order valence-electron chi connectivity index (χ0n) is 14.0. The molecule has 1 saturated carbocycles. The largest absolute Gasteiger partial charge is 0.385 e. The molecule has 1 amide bonds. The number of aromatic nitrogens is 2. The van der Waals surface area contributed by atoms with Crippen LogP contribution in [0.15, 0.2) is 29.1 Å². The van der Waals surface area contributed by atoms with Crippen LogP contribution in [0.2, 0.25) is 0 Å². The predicted octanol–water partition coefficient (Wildman–Crippen LogP) is 1.82. The summed E-state index contributed by atoms with van der Waals surface area (Å²) in [6, 6.07) is 7.64. The molecule has 6 nitrogen and oxygen atoms in total. The lowest BCUT2D eigenvalue weighted by Crippen LogP contribution is -2.28. The monoisotopic (exact) mass is 329 g/mol. The van der Waals surface area contributed by atoms with Gasteiger partial charge >= 0.3 is 0 Å². The van der Waals surface area contributed by atoms with Crippen molar-refractivity contribution in [3.63, 3.8) is 0 Å². The highest BCUT2D eigenvalue weighted by molar-refractivity contribution is 5.78. The Kier molecular flexibility index (Phi) is 5.25. The first-order chi connectivity index (χ1) is 11.7. The first-order valence-corrected chi connectivity index (χ1v) is 8.46. The molecule has 0 spiro atoms. The van der Waals surface area contributed by atoms with Gasteiger partial charge in [-0.2, -0.15) is 0 Å². The summed E-state index contributed by atoms with van der Waals surface area (Å²) < 4.78 is 6.75. The number of carbonyl (C=O) groups is 1. The Balaban J connectivity index is 1.73.